The number of nitrogens with one attached hydrogen (secondary N) is 1. The van der Waals surface area contributed by atoms with Crippen molar-refractivity contribution in [3.8, 4) is 5.75 Å². The number of nitrogens with zero attached hydrogens (tertiary/aromatic N) is 1. The molecule has 2 aromatic rings. The van der Waals surface area contributed by atoms with Crippen LogP contribution in [0.3, 0.4) is 0 Å². The van der Waals surface area contributed by atoms with E-state index in [1.54, 1.807) is 12.3 Å². The zero-order chi connectivity index (χ0) is 13.1. The Kier molecular flexibility index (Phi) is 3.81. The van der Waals surface area contributed by atoms with Gasteiger partial charge in [0.2, 0.25) is 0 Å². The number of aromatic hydroxyl groups is 1. The van der Waals surface area contributed by atoms with Crippen molar-refractivity contribution in [2.45, 2.75) is 13.0 Å². The second-order valence-corrected chi connectivity index (χ2v) is 4.66. The van der Waals surface area contributed by atoms with Crippen LogP contribution in [0.2, 0.25) is 0 Å². The number of hydrogen-bond acceptors (Lipinski definition) is 3. The van der Waals surface area contributed by atoms with Gasteiger partial charge in [-0.25, -0.2) is 9.37 Å². The maximum atomic E-state index is 12.9. The molecular formula is C13H12BrFN2O. The van der Waals surface area contributed by atoms with Gasteiger partial charge in [-0.15, -0.1) is 0 Å². The van der Waals surface area contributed by atoms with E-state index in [9.17, 15) is 9.50 Å². The Labute approximate surface area is 113 Å². The third-order valence-electron chi connectivity index (χ3n) is 2.59. The molecule has 1 atom stereocenters. The second kappa shape index (κ2) is 5.35. The first-order valence-electron chi connectivity index (χ1n) is 5.43. The molecule has 18 heavy (non-hydrogen) atoms. The fourth-order valence-corrected chi connectivity index (χ4v) is 2.05. The predicted molar refractivity (Wildman–Crippen MR) is 72.0 cm³/mol. The molecule has 2 N–H and O–H groups in total. The lowest BCUT2D eigenvalue weighted by molar-refractivity contribution is 0.459. The van der Waals surface area contributed by atoms with Crippen molar-refractivity contribution >= 4 is 21.6 Å². The Morgan fingerprint density at radius 3 is 2.83 bits per heavy atom. The molecule has 1 unspecified atom stereocenters. The van der Waals surface area contributed by atoms with E-state index in [4.69, 9.17) is 0 Å². The van der Waals surface area contributed by atoms with Gasteiger partial charge in [0.25, 0.3) is 0 Å². The summed E-state index contributed by atoms with van der Waals surface area (Å²) in [5, 5.41) is 12.9. The average molecular weight is 311 g/mol. The standard InChI is InChI=1S/C13H12BrFN2O/c1-8(10-5-4-9(15)7-12(10)18)17-11-3-2-6-16-13(11)14/h2-8,17-18H,1H3. The minimum absolute atomic E-state index is 0.0602. The molecule has 0 spiro atoms. The number of benzene rings is 1. The van der Waals surface area contributed by atoms with Gasteiger partial charge in [-0.2, -0.15) is 0 Å². The first-order chi connectivity index (χ1) is 8.58. The summed E-state index contributed by atoms with van der Waals surface area (Å²) < 4.78 is 13.6. The van der Waals surface area contributed by atoms with Gasteiger partial charge < -0.3 is 10.4 Å². The van der Waals surface area contributed by atoms with E-state index in [0.29, 0.717) is 10.2 Å². The third kappa shape index (κ3) is 2.79. The molecule has 94 valence electrons. The summed E-state index contributed by atoms with van der Waals surface area (Å²) >= 11 is 3.33. The van der Waals surface area contributed by atoms with Crippen LogP contribution in [0.5, 0.6) is 5.75 Å². The SMILES string of the molecule is CC(Nc1cccnc1Br)c1ccc(F)cc1O. The molecule has 1 aromatic heterocycles. The minimum Gasteiger partial charge on any atom is -0.507 e. The number of halogens is 2. The van der Waals surface area contributed by atoms with Crippen LogP contribution in [-0.2, 0) is 0 Å². The normalized spacial score (nSPS) is 12.2. The summed E-state index contributed by atoms with van der Waals surface area (Å²) in [6.07, 6.45) is 1.68. The maximum absolute atomic E-state index is 12.9. The summed E-state index contributed by atoms with van der Waals surface area (Å²) in [4.78, 5) is 4.09. The Morgan fingerprint density at radius 1 is 1.39 bits per heavy atom. The van der Waals surface area contributed by atoms with E-state index >= 15 is 0 Å². The van der Waals surface area contributed by atoms with Crippen molar-refractivity contribution < 1.29 is 9.50 Å². The number of phenols is 1. The molecule has 0 amide bonds. The molecule has 0 aliphatic heterocycles. The van der Waals surface area contributed by atoms with Gasteiger partial charge in [-0.1, -0.05) is 6.07 Å². The van der Waals surface area contributed by atoms with Gasteiger partial charge >= 0.3 is 0 Å². The van der Waals surface area contributed by atoms with Crippen LogP contribution in [-0.4, -0.2) is 10.1 Å². The Balaban J connectivity index is 2.22. The molecule has 2 rings (SSSR count). The van der Waals surface area contributed by atoms with Crippen molar-refractivity contribution in [1.29, 1.82) is 0 Å². The van der Waals surface area contributed by atoms with Gasteiger partial charge in [-0.05, 0) is 41.1 Å². The molecule has 0 saturated heterocycles. The average Bonchev–Trinajstić information content (AvgIpc) is 2.32. The van der Waals surface area contributed by atoms with Crippen molar-refractivity contribution in [2.24, 2.45) is 0 Å². The van der Waals surface area contributed by atoms with E-state index in [1.807, 2.05) is 19.1 Å². The highest BCUT2D eigenvalue weighted by Crippen LogP contribution is 2.29. The van der Waals surface area contributed by atoms with Gasteiger partial charge in [0, 0.05) is 17.8 Å². The number of phenolic OH excluding ortho intramolecular Hbond substituents is 1. The maximum Gasteiger partial charge on any atom is 0.129 e. The molecule has 5 heteroatoms. The lowest BCUT2D eigenvalue weighted by Crippen LogP contribution is -2.07. The van der Waals surface area contributed by atoms with Crippen LogP contribution < -0.4 is 5.32 Å². The van der Waals surface area contributed by atoms with Crippen LogP contribution >= 0.6 is 15.9 Å². The molecule has 0 bridgehead atoms. The Morgan fingerprint density at radius 2 is 2.17 bits per heavy atom. The molecule has 1 heterocycles. The molecule has 1 aromatic carbocycles. The first-order valence-corrected chi connectivity index (χ1v) is 6.22. The molecule has 0 fully saturated rings. The van der Waals surface area contributed by atoms with Crippen LogP contribution in [0.1, 0.15) is 18.5 Å². The second-order valence-electron chi connectivity index (χ2n) is 3.91. The number of aromatic nitrogens is 1. The van der Waals surface area contributed by atoms with Crippen molar-refractivity contribution in [3.05, 3.63) is 52.5 Å². The minimum atomic E-state index is -0.453. The van der Waals surface area contributed by atoms with E-state index in [1.165, 1.54) is 6.07 Å². The molecular weight excluding hydrogens is 299 g/mol. The number of anilines is 1. The predicted octanol–water partition coefficient (Wildman–Crippen LogP) is 3.86. The summed E-state index contributed by atoms with van der Waals surface area (Å²) in [6.45, 7) is 1.88. The van der Waals surface area contributed by atoms with Gasteiger partial charge in [0.05, 0.1) is 11.7 Å². The van der Waals surface area contributed by atoms with Crippen LogP contribution in [0.25, 0.3) is 0 Å². The van der Waals surface area contributed by atoms with E-state index in [0.717, 1.165) is 11.8 Å². The number of pyridine rings is 1. The fourth-order valence-electron chi connectivity index (χ4n) is 1.69. The van der Waals surface area contributed by atoms with E-state index < -0.39 is 5.82 Å². The summed E-state index contributed by atoms with van der Waals surface area (Å²) in [7, 11) is 0. The highest BCUT2D eigenvalue weighted by Gasteiger charge is 2.12. The quantitative estimate of drug-likeness (QED) is 0.846. The summed E-state index contributed by atoms with van der Waals surface area (Å²) in [5.74, 6) is -0.513. The lowest BCUT2D eigenvalue weighted by Gasteiger charge is -2.17. The van der Waals surface area contributed by atoms with Crippen molar-refractivity contribution in [1.82, 2.24) is 4.98 Å². The van der Waals surface area contributed by atoms with Crippen molar-refractivity contribution in [2.75, 3.05) is 5.32 Å². The van der Waals surface area contributed by atoms with Crippen LogP contribution in [0.4, 0.5) is 10.1 Å². The largest absolute Gasteiger partial charge is 0.507 e. The smallest absolute Gasteiger partial charge is 0.129 e. The highest BCUT2D eigenvalue weighted by molar-refractivity contribution is 9.10. The highest BCUT2D eigenvalue weighted by atomic mass is 79.9. The Hall–Kier alpha value is -1.62. The zero-order valence-electron chi connectivity index (χ0n) is 9.69. The van der Waals surface area contributed by atoms with E-state index in [2.05, 4.69) is 26.2 Å². The Bertz CT molecular complexity index is 562. The first kappa shape index (κ1) is 12.8. The third-order valence-corrected chi connectivity index (χ3v) is 3.22. The molecule has 3 nitrogen and oxygen atoms in total. The van der Waals surface area contributed by atoms with Gasteiger partial charge in [0.1, 0.15) is 16.2 Å². The molecule has 0 saturated carbocycles. The molecule has 0 aliphatic rings. The van der Waals surface area contributed by atoms with Crippen molar-refractivity contribution in [3.63, 3.8) is 0 Å². The monoisotopic (exact) mass is 310 g/mol. The number of rotatable bonds is 3. The lowest BCUT2D eigenvalue weighted by atomic mass is 10.1. The number of hydrogen-bond donors (Lipinski definition) is 2. The zero-order valence-corrected chi connectivity index (χ0v) is 11.3. The molecule has 0 radical (unpaired) electrons. The summed E-state index contributed by atoms with van der Waals surface area (Å²) in [5.41, 5.74) is 1.45. The fraction of sp³-hybridized carbons (Fsp3) is 0.154. The van der Waals surface area contributed by atoms with Crippen LogP contribution in [0.15, 0.2) is 41.1 Å². The van der Waals surface area contributed by atoms with Crippen LogP contribution in [0, 0.1) is 5.82 Å². The molecule has 0 aliphatic carbocycles. The summed E-state index contributed by atoms with van der Waals surface area (Å²) in [6, 6.07) is 7.51. The van der Waals surface area contributed by atoms with Gasteiger partial charge in [-0.3, -0.25) is 0 Å². The van der Waals surface area contributed by atoms with E-state index in [-0.39, 0.29) is 11.8 Å². The van der Waals surface area contributed by atoms with Gasteiger partial charge in [0.15, 0.2) is 0 Å². The topological polar surface area (TPSA) is 45.2 Å².